The van der Waals surface area contributed by atoms with Gasteiger partial charge in [0.15, 0.2) is 11.0 Å². The fourth-order valence-corrected chi connectivity index (χ4v) is 2.68. The number of likely N-dealkylation sites (N-methyl/N-ethyl adjacent to an activating group) is 1. The van der Waals surface area contributed by atoms with Gasteiger partial charge in [0.25, 0.3) is 0 Å². The van der Waals surface area contributed by atoms with Crippen molar-refractivity contribution in [2.24, 2.45) is 0 Å². The molecule has 0 aromatic carbocycles. The third kappa shape index (κ3) is 2.96. The summed E-state index contributed by atoms with van der Waals surface area (Å²) in [6, 6.07) is 4.55. The van der Waals surface area contributed by atoms with Gasteiger partial charge >= 0.3 is 0 Å². The highest BCUT2D eigenvalue weighted by Crippen LogP contribution is 2.22. The smallest absolute Gasteiger partial charge is 0.171 e. The first-order valence-corrected chi connectivity index (χ1v) is 6.66. The Morgan fingerprint density at radius 2 is 2.18 bits per heavy atom. The first-order chi connectivity index (χ1) is 8.18. The lowest BCUT2D eigenvalue weighted by Crippen LogP contribution is -2.31. The Labute approximate surface area is 110 Å². The number of halogens is 1. The third-order valence-corrected chi connectivity index (χ3v) is 3.87. The van der Waals surface area contributed by atoms with Crippen LogP contribution >= 0.6 is 22.9 Å². The molecule has 0 saturated carbocycles. The summed E-state index contributed by atoms with van der Waals surface area (Å²) in [7, 11) is 1.99. The molecule has 0 aliphatic heterocycles. The minimum atomic E-state index is 0.336. The lowest BCUT2D eigenvalue weighted by Gasteiger charge is -2.25. The van der Waals surface area contributed by atoms with Crippen molar-refractivity contribution in [1.82, 2.24) is 9.97 Å². The zero-order valence-corrected chi connectivity index (χ0v) is 11.4. The predicted molar refractivity (Wildman–Crippen MR) is 72.9 cm³/mol. The Morgan fingerprint density at radius 3 is 2.82 bits per heavy atom. The molecule has 0 saturated heterocycles. The van der Waals surface area contributed by atoms with Crippen molar-refractivity contribution in [3.8, 4) is 0 Å². The fraction of sp³-hybridized carbons (Fsp3) is 0.333. The number of anilines is 1. The molecule has 1 unspecified atom stereocenters. The maximum Gasteiger partial charge on any atom is 0.171 e. The van der Waals surface area contributed by atoms with E-state index in [1.54, 1.807) is 23.7 Å². The van der Waals surface area contributed by atoms with Gasteiger partial charge in [-0.2, -0.15) is 0 Å². The van der Waals surface area contributed by atoms with E-state index in [0.717, 1.165) is 12.2 Å². The van der Waals surface area contributed by atoms with Crippen molar-refractivity contribution < 1.29 is 0 Å². The normalized spacial score (nSPS) is 12.4. The monoisotopic (exact) mass is 267 g/mol. The van der Waals surface area contributed by atoms with Crippen molar-refractivity contribution in [2.75, 3.05) is 11.9 Å². The molecular formula is C12H14ClN3S. The molecule has 0 aliphatic rings. The molecule has 0 radical (unpaired) electrons. The quantitative estimate of drug-likeness (QED) is 0.851. The molecule has 2 aromatic rings. The summed E-state index contributed by atoms with van der Waals surface area (Å²) < 4.78 is 0. The summed E-state index contributed by atoms with van der Waals surface area (Å²) in [5.41, 5.74) is 0. The molecule has 0 amide bonds. The Bertz CT molecular complexity index is 472. The van der Waals surface area contributed by atoms with Crippen LogP contribution in [0.25, 0.3) is 0 Å². The van der Waals surface area contributed by atoms with E-state index in [2.05, 4.69) is 39.3 Å². The van der Waals surface area contributed by atoms with Gasteiger partial charge in [0.2, 0.25) is 0 Å². The molecule has 2 rings (SSSR count). The Hall–Kier alpha value is -1.13. The molecule has 0 aliphatic carbocycles. The van der Waals surface area contributed by atoms with Crippen molar-refractivity contribution in [1.29, 1.82) is 0 Å². The van der Waals surface area contributed by atoms with Crippen LogP contribution < -0.4 is 4.90 Å². The molecule has 0 fully saturated rings. The Morgan fingerprint density at radius 1 is 1.41 bits per heavy atom. The second kappa shape index (κ2) is 5.47. The summed E-state index contributed by atoms with van der Waals surface area (Å²) in [5.74, 6) is 0.734. The van der Waals surface area contributed by atoms with E-state index in [9.17, 15) is 0 Å². The van der Waals surface area contributed by atoms with Crippen LogP contribution in [0.1, 0.15) is 11.8 Å². The van der Waals surface area contributed by atoms with Gasteiger partial charge < -0.3 is 4.90 Å². The largest absolute Gasteiger partial charge is 0.354 e. The highest BCUT2D eigenvalue weighted by molar-refractivity contribution is 7.09. The molecule has 17 heavy (non-hydrogen) atoms. The van der Waals surface area contributed by atoms with Gasteiger partial charge in [0.1, 0.15) is 0 Å². The number of nitrogens with zero attached hydrogens (tertiary/aromatic N) is 3. The molecule has 0 N–H and O–H groups in total. The van der Waals surface area contributed by atoms with Crippen LogP contribution in [-0.4, -0.2) is 23.1 Å². The van der Waals surface area contributed by atoms with E-state index in [-0.39, 0.29) is 0 Å². The molecule has 5 heteroatoms. The standard InChI is InChI=1S/C12H14ClN3S/c1-9(8-10-4-3-7-17-10)16(2)12-11(13)14-5-6-15-12/h3-7,9H,8H2,1-2H3. The van der Waals surface area contributed by atoms with Crippen molar-refractivity contribution in [3.63, 3.8) is 0 Å². The van der Waals surface area contributed by atoms with Gasteiger partial charge in [-0.1, -0.05) is 17.7 Å². The average molecular weight is 268 g/mol. The first kappa shape index (κ1) is 12.3. The summed E-state index contributed by atoms with van der Waals surface area (Å²) in [6.07, 6.45) is 4.25. The second-order valence-corrected chi connectivity index (χ2v) is 5.30. The van der Waals surface area contributed by atoms with Gasteiger partial charge in [-0.3, -0.25) is 0 Å². The van der Waals surface area contributed by atoms with Crippen LogP contribution in [0.3, 0.4) is 0 Å². The van der Waals surface area contributed by atoms with E-state index in [1.807, 2.05) is 7.05 Å². The van der Waals surface area contributed by atoms with Gasteiger partial charge in [0.05, 0.1) is 0 Å². The Kier molecular flexibility index (Phi) is 3.97. The number of hydrogen-bond donors (Lipinski definition) is 0. The molecule has 2 heterocycles. The molecule has 0 bridgehead atoms. The number of thiophene rings is 1. The molecule has 1 atom stereocenters. The summed E-state index contributed by atoms with van der Waals surface area (Å²) >= 11 is 7.80. The Balaban J connectivity index is 2.09. The van der Waals surface area contributed by atoms with Crippen LogP contribution in [0.4, 0.5) is 5.82 Å². The lowest BCUT2D eigenvalue weighted by atomic mass is 10.2. The van der Waals surface area contributed by atoms with E-state index >= 15 is 0 Å². The summed E-state index contributed by atoms with van der Waals surface area (Å²) in [6.45, 7) is 2.16. The highest BCUT2D eigenvalue weighted by Gasteiger charge is 2.15. The average Bonchev–Trinajstić information content (AvgIpc) is 2.81. The number of rotatable bonds is 4. The first-order valence-electron chi connectivity index (χ1n) is 5.40. The van der Waals surface area contributed by atoms with Crippen molar-refractivity contribution in [3.05, 3.63) is 39.9 Å². The molecule has 2 aromatic heterocycles. The second-order valence-electron chi connectivity index (χ2n) is 3.91. The number of aromatic nitrogens is 2. The van der Waals surface area contributed by atoms with E-state index in [4.69, 9.17) is 11.6 Å². The zero-order chi connectivity index (χ0) is 12.3. The molecule has 3 nitrogen and oxygen atoms in total. The predicted octanol–water partition coefficient (Wildman–Crippen LogP) is 3.26. The van der Waals surface area contributed by atoms with E-state index < -0.39 is 0 Å². The van der Waals surface area contributed by atoms with E-state index in [1.165, 1.54) is 4.88 Å². The van der Waals surface area contributed by atoms with Crippen LogP contribution in [0.15, 0.2) is 29.9 Å². The summed E-state index contributed by atoms with van der Waals surface area (Å²) in [4.78, 5) is 11.7. The van der Waals surface area contributed by atoms with Crippen LogP contribution in [0.5, 0.6) is 0 Å². The maximum absolute atomic E-state index is 6.03. The zero-order valence-electron chi connectivity index (χ0n) is 9.80. The van der Waals surface area contributed by atoms with Gasteiger partial charge in [0, 0.05) is 36.8 Å². The van der Waals surface area contributed by atoms with Crippen molar-refractivity contribution in [2.45, 2.75) is 19.4 Å². The minimum absolute atomic E-state index is 0.336. The molecular weight excluding hydrogens is 254 g/mol. The number of hydrogen-bond acceptors (Lipinski definition) is 4. The SMILES string of the molecule is CC(Cc1cccs1)N(C)c1nccnc1Cl. The summed E-state index contributed by atoms with van der Waals surface area (Å²) in [5, 5.41) is 2.55. The van der Waals surface area contributed by atoms with Crippen LogP contribution in [-0.2, 0) is 6.42 Å². The van der Waals surface area contributed by atoms with Gasteiger partial charge in [-0.25, -0.2) is 9.97 Å². The van der Waals surface area contributed by atoms with Crippen LogP contribution in [0.2, 0.25) is 5.15 Å². The fourth-order valence-electron chi connectivity index (χ4n) is 1.62. The lowest BCUT2D eigenvalue weighted by molar-refractivity contribution is 0.679. The van der Waals surface area contributed by atoms with Gasteiger partial charge in [-0.15, -0.1) is 11.3 Å². The highest BCUT2D eigenvalue weighted by atomic mass is 35.5. The van der Waals surface area contributed by atoms with Gasteiger partial charge in [-0.05, 0) is 18.4 Å². The molecule has 90 valence electrons. The maximum atomic E-state index is 6.03. The van der Waals surface area contributed by atoms with Crippen molar-refractivity contribution >= 4 is 28.8 Å². The van der Waals surface area contributed by atoms with Crippen LogP contribution in [0, 0.1) is 0 Å². The third-order valence-electron chi connectivity index (χ3n) is 2.71. The minimum Gasteiger partial charge on any atom is -0.354 e. The molecule has 0 spiro atoms. The van der Waals surface area contributed by atoms with E-state index in [0.29, 0.717) is 11.2 Å². The topological polar surface area (TPSA) is 29.0 Å².